The van der Waals surface area contributed by atoms with Gasteiger partial charge in [0.1, 0.15) is 29.7 Å². The fraction of sp³-hybridized carbons (Fsp3) is 0.143. The highest BCUT2D eigenvalue weighted by Crippen LogP contribution is 2.29. The average molecular weight is 363 g/mol. The number of nitriles is 3. The predicted molar refractivity (Wildman–Crippen MR) is 77.5 cm³/mol. The van der Waals surface area contributed by atoms with E-state index in [4.69, 9.17) is 20.5 Å². The molecule has 0 aromatic heterocycles. The maximum Gasteiger partial charge on any atom is 0.338 e. The Morgan fingerprint density at radius 2 is 1.95 bits per heavy atom. The third kappa shape index (κ3) is 3.82. The summed E-state index contributed by atoms with van der Waals surface area (Å²) in [6.45, 7) is 1.77. The lowest BCUT2D eigenvalue weighted by Gasteiger charge is -2.10. The van der Waals surface area contributed by atoms with Crippen molar-refractivity contribution in [2.24, 2.45) is 0 Å². The van der Waals surface area contributed by atoms with E-state index in [2.05, 4.69) is 21.2 Å². The van der Waals surface area contributed by atoms with Gasteiger partial charge < -0.3 is 10.1 Å². The maximum absolute atomic E-state index is 14.1. The summed E-state index contributed by atoms with van der Waals surface area (Å²) in [6, 6.07) is 6.90. The van der Waals surface area contributed by atoms with E-state index in [1.54, 1.807) is 13.0 Å². The average Bonchev–Trinajstić information content (AvgIpc) is 2.49. The Hall–Kier alpha value is -2.89. The second-order valence-corrected chi connectivity index (χ2v) is 4.60. The molecule has 0 amide bonds. The van der Waals surface area contributed by atoms with E-state index in [9.17, 15) is 9.18 Å². The van der Waals surface area contributed by atoms with Crippen LogP contribution >= 0.6 is 15.9 Å². The summed E-state index contributed by atoms with van der Waals surface area (Å²) in [5.41, 5.74) is -1.07. The third-order valence-corrected chi connectivity index (χ3v) is 3.01. The van der Waals surface area contributed by atoms with Crippen LogP contribution in [0.2, 0.25) is 0 Å². The van der Waals surface area contributed by atoms with Gasteiger partial charge in [-0.15, -0.1) is 0 Å². The standard InChI is InChI=1S/C14H8BrFN4O2/c1-2-22-14(21)8-3-10(15)13(11(16)4-8)20-12(7-19)9(5-17)6-18/h3-4,20H,2H2,1H3. The molecule has 0 saturated carbocycles. The van der Waals surface area contributed by atoms with Crippen LogP contribution < -0.4 is 5.32 Å². The molecule has 0 bridgehead atoms. The summed E-state index contributed by atoms with van der Waals surface area (Å²) in [4.78, 5) is 11.6. The maximum atomic E-state index is 14.1. The van der Waals surface area contributed by atoms with Crippen molar-refractivity contribution in [2.45, 2.75) is 6.92 Å². The smallest absolute Gasteiger partial charge is 0.338 e. The molecule has 0 aliphatic heterocycles. The van der Waals surface area contributed by atoms with Gasteiger partial charge in [-0.3, -0.25) is 0 Å². The number of rotatable bonds is 4. The Morgan fingerprint density at radius 3 is 2.41 bits per heavy atom. The number of allylic oxidation sites excluding steroid dienone is 2. The van der Waals surface area contributed by atoms with Crippen LogP contribution in [0.3, 0.4) is 0 Å². The lowest BCUT2D eigenvalue weighted by molar-refractivity contribution is 0.0526. The predicted octanol–water partition coefficient (Wildman–Crippen LogP) is 3.00. The van der Waals surface area contributed by atoms with E-state index in [0.29, 0.717) is 0 Å². The summed E-state index contributed by atoms with van der Waals surface area (Å²) < 4.78 is 19.0. The Morgan fingerprint density at radius 1 is 1.32 bits per heavy atom. The van der Waals surface area contributed by atoms with Crippen LogP contribution in [0, 0.1) is 39.8 Å². The van der Waals surface area contributed by atoms with Crippen molar-refractivity contribution in [3.05, 3.63) is 39.3 Å². The molecule has 0 aliphatic rings. The van der Waals surface area contributed by atoms with Crippen LogP contribution in [0.25, 0.3) is 0 Å². The SMILES string of the molecule is CCOC(=O)c1cc(F)c(NC(C#N)=C(C#N)C#N)c(Br)c1. The second-order valence-electron chi connectivity index (χ2n) is 3.75. The van der Waals surface area contributed by atoms with Gasteiger partial charge in [-0.05, 0) is 35.0 Å². The lowest BCUT2D eigenvalue weighted by atomic mass is 10.1. The molecule has 0 saturated heterocycles. The van der Waals surface area contributed by atoms with Crippen molar-refractivity contribution in [1.82, 2.24) is 0 Å². The van der Waals surface area contributed by atoms with Crippen LogP contribution in [0.15, 0.2) is 27.9 Å². The number of anilines is 1. The minimum absolute atomic E-state index is 0.0138. The first-order valence-corrected chi connectivity index (χ1v) is 6.65. The Bertz CT molecular complexity index is 730. The van der Waals surface area contributed by atoms with E-state index in [1.165, 1.54) is 18.2 Å². The highest BCUT2D eigenvalue weighted by atomic mass is 79.9. The third-order valence-electron chi connectivity index (χ3n) is 2.39. The van der Waals surface area contributed by atoms with E-state index in [-0.39, 0.29) is 22.3 Å². The summed E-state index contributed by atoms with van der Waals surface area (Å²) in [5, 5.41) is 28.8. The molecule has 0 fully saturated rings. The molecular weight excluding hydrogens is 355 g/mol. The van der Waals surface area contributed by atoms with Gasteiger partial charge in [0.05, 0.1) is 17.9 Å². The highest BCUT2D eigenvalue weighted by Gasteiger charge is 2.17. The van der Waals surface area contributed by atoms with Crippen molar-refractivity contribution < 1.29 is 13.9 Å². The number of benzene rings is 1. The molecule has 1 aromatic carbocycles. The number of halogens is 2. The minimum Gasteiger partial charge on any atom is -0.462 e. The van der Waals surface area contributed by atoms with Gasteiger partial charge in [0, 0.05) is 4.47 Å². The molecule has 1 N–H and O–H groups in total. The van der Waals surface area contributed by atoms with Crippen molar-refractivity contribution in [3.8, 4) is 18.2 Å². The summed E-state index contributed by atoms with van der Waals surface area (Å²) in [6.07, 6.45) is 0. The zero-order chi connectivity index (χ0) is 16.7. The van der Waals surface area contributed by atoms with Crippen LogP contribution in [-0.2, 0) is 4.74 Å². The molecule has 8 heteroatoms. The summed E-state index contributed by atoms with van der Waals surface area (Å²) in [5.74, 6) is -1.54. The van der Waals surface area contributed by atoms with Crippen molar-refractivity contribution in [2.75, 3.05) is 11.9 Å². The molecule has 0 spiro atoms. The van der Waals surface area contributed by atoms with E-state index >= 15 is 0 Å². The van der Waals surface area contributed by atoms with E-state index < -0.39 is 23.1 Å². The number of nitrogens with zero attached hydrogens (tertiary/aromatic N) is 3. The van der Waals surface area contributed by atoms with Crippen LogP contribution in [0.1, 0.15) is 17.3 Å². The molecule has 0 aliphatic carbocycles. The van der Waals surface area contributed by atoms with Gasteiger partial charge in [-0.25, -0.2) is 9.18 Å². The number of ether oxygens (including phenoxy) is 1. The molecule has 0 radical (unpaired) electrons. The van der Waals surface area contributed by atoms with Crippen LogP contribution in [0.4, 0.5) is 10.1 Å². The molecule has 0 heterocycles. The van der Waals surface area contributed by atoms with Gasteiger partial charge in [0.15, 0.2) is 5.57 Å². The Labute approximate surface area is 134 Å². The number of hydrogen-bond acceptors (Lipinski definition) is 6. The number of esters is 1. The van der Waals surface area contributed by atoms with Gasteiger partial charge in [-0.1, -0.05) is 0 Å². The second kappa shape index (κ2) is 7.78. The topological polar surface area (TPSA) is 110 Å². The fourth-order valence-corrected chi connectivity index (χ4v) is 1.97. The largest absolute Gasteiger partial charge is 0.462 e. The number of carbonyl (C=O) groups excluding carboxylic acids is 1. The first-order chi connectivity index (χ1) is 10.5. The van der Waals surface area contributed by atoms with Gasteiger partial charge in [-0.2, -0.15) is 15.8 Å². The monoisotopic (exact) mass is 362 g/mol. The molecule has 0 atom stereocenters. The first-order valence-electron chi connectivity index (χ1n) is 5.86. The zero-order valence-electron chi connectivity index (χ0n) is 11.3. The number of hydrogen-bond donors (Lipinski definition) is 1. The zero-order valence-corrected chi connectivity index (χ0v) is 12.9. The first kappa shape index (κ1) is 17.2. The minimum atomic E-state index is -0.847. The van der Waals surface area contributed by atoms with E-state index in [1.807, 2.05) is 0 Å². The summed E-state index contributed by atoms with van der Waals surface area (Å²) in [7, 11) is 0. The number of carbonyl (C=O) groups is 1. The van der Waals surface area contributed by atoms with Gasteiger partial charge in [0.25, 0.3) is 0 Å². The normalized spacial score (nSPS) is 8.91. The molecular formula is C14H8BrFN4O2. The number of nitrogens with one attached hydrogen (secondary N) is 1. The van der Waals surface area contributed by atoms with E-state index in [0.717, 1.165) is 6.07 Å². The van der Waals surface area contributed by atoms with Crippen molar-refractivity contribution in [3.63, 3.8) is 0 Å². The Kier molecular flexibility index (Phi) is 6.07. The van der Waals surface area contributed by atoms with Gasteiger partial charge >= 0.3 is 5.97 Å². The molecule has 110 valence electrons. The fourth-order valence-electron chi connectivity index (χ4n) is 1.43. The molecule has 0 unspecified atom stereocenters. The van der Waals surface area contributed by atoms with Gasteiger partial charge in [0.2, 0.25) is 0 Å². The van der Waals surface area contributed by atoms with Crippen molar-refractivity contribution >= 4 is 27.6 Å². The molecule has 1 rings (SSSR count). The summed E-state index contributed by atoms with van der Waals surface area (Å²) >= 11 is 3.06. The quantitative estimate of drug-likeness (QED) is 0.651. The Balaban J connectivity index is 3.28. The van der Waals surface area contributed by atoms with Crippen molar-refractivity contribution in [1.29, 1.82) is 15.8 Å². The lowest BCUT2D eigenvalue weighted by Crippen LogP contribution is -2.08. The highest BCUT2D eigenvalue weighted by molar-refractivity contribution is 9.10. The van der Waals surface area contributed by atoms with Crippen LogP contribution in [0.5, 0.6) is 0 Å². The molecule has 6 nitrogen and oxygen atoms in total. The molecule has 1 aromatic rings. The van der Waals surface area contributed by atoms with Crippen LogP contribution in [-0.4, -0.2) is 12.6 Å². The molecule has 22 heavy (non-hydrogen) atoms.